The highest BCUT2D eigenvalue weighted by Gasteiger charge is 2.38. The minimum atomic E-state index is -4.52. The molecular weight excluding hydrogens is 288 g/mol. The van der Waals surface area contributed by atoms with Crippen LogP contribution < -0.4 is 0 Å². The lowest BCUT2D eigenvalue weighted by molar-refractivity contribution is -0.143. The molecule has 2 nitrogen and oxygen atoms in total. The average Bonchev–Trinajstić information content (AvgIpc) is 2.72. The summed E-state index contributed by atoms with van der Waals surface area (Å²) in [7, 11) is 0. The largest absolute Gasteiger partial charge is 0.433 e. The van der Waals surface area contributed by atoms with E-state index in [1.165, 1.54) is 12.1 Å². The van der Waals surface area contributed by atoms with Crippen molar-refractivity contribution in [2.45, 2.75) is 12.1 Å². The highest BCUT2D eigenvalue weighted by Crippen LogP contribution is 2.34. The summed E-state index contributed by atoms with van der Waals surface area (Å²) in [6.07, 6.45) is -3.42. The lowest BCUT2D eigenvalue weighted by Crippen LogP contribution is -2.15. The number of aromatic nitrogens is 2. The normalized spacial score (nSPS) is 11.8. The van der Waals surface area contributed by atoms with Crippen LogP contribution in [0.1, 0.15) is 11.3 Å². The maximum absolute atomic E-state index is 13.0. The Bertz CT molecular complexity index is 564. The van der Waals surface area contributed by atoms with Crippen molar-refractivity contribution in [2.75, 3.05) is 0 Å². The van der Waals surface area contributed by atoms with Crippen LogP contribution in [0.5, 0.6) is 0 Å². The van der Waals surface area contributed by atoms with Crippen LogP contribution in [0.4, 0.5) is 13.2 Å². The van der Waals surface area contributed by atoms with Gasteiger partial charge in [-0.25, -0.2) is 4.68 Å². The zero-order chi connectivity index (χ0) is 13.3. The standard InChI is InChI=1S/C11H7Cl2F3N2/c12-5-7-6-17-18(10(7)11(14,15)16)9-3-1-2-8(13)4-9/h1-4,6H,5H2. The van der Waals surface area contributed by atoms with Crippen LogP contribution in [0.15, 0.2) is 30.5 Å². The monoisotopic (exact) mass is 294 g/mol. The Labute approximate surface area is 111 Å². The van der Waals surface area contributed by atoms with E-state index in [1.54, 1.807) is 12.1 Å². The molecule has 0 unspecified atom stereocenters. The van der Waals surface area contributed by atoms with Crippen LogP contribution in [-0.2, 0) is 12.1 Å². The Morgan fingerprint density at radius 1 is 1.28 bits per heavy atom. The molecule has 0 bridgehead atoms. The molecular formula is C11H7Cl2F3N2. The number of halogens is 5. The highest BCUT2D eigenvalue weighted by molar-refractivity contribution is 6.30. The van der Waals surface area contributed by atoms with Gasteiger partial charge in [-0.15, -0.1) is 11.6 Å². The summed E-state index contributed by atoms with van der Waals surface area (Å²) < 4.78 is 39.7. The van der Waals surface area contributed by atoms with E-state index in [9.17, 15) is 13.2 Å². The topological polar surface area (TPSA) is 17.8 Å². The molecule has 1 aromatic carbocycles. The van der Waals surface area contributed by atoms with Crippen molar-refractivity contribution in [3.8, 4) is 5.69 Å². The molecule has 0 aliphatic rings. The average molecular weight is 295 g/mol. The number of benzene rings is 1. The Morgan fingerprint density at radius 3 is 2.56 bits per heavy atom. The summed E-state index contributed by atoms with van der Waals surface area (Å²) >= 11 is 11.2. The molecule has 0 fully saturated rings. The van der Waals surface area contributed by atoms with Crippen molar-refractivity contribution < 1.29 is 13.2 Å². The van der Waals surface area contributed by atoms with Gasteiger partial charge in [-0.2, -0.15) is 18.3 Å². The van der Waals surface area contributed by atoms with E-state index in [1.807, 2.05) is 0 Å². The van der Waals surface area contributed by atoms with E-state index in [2.05, 4.69) is 5.10 Å². The summed E-state index contributed by atoms with van der Waals surface area (Å²) in [6, 6.07) is 6.03. The van der Waals surface area contributed by atoms with Crippen LogP contribution in [0.3, 0.4) is 0 Å². The molecule has 0 saturated heterocycles. The highest BCUT2D eigenvalue weighted by atomic mass is 35.5. The van der Waals surface area contributed by atoms with Crippen molar-refractivity contribution in [1.82, 2.24) is 9.78 Å². The van der Waals surface area contributed by atoms with E-state index in [0.29, 0.717) is 5.02 Å². The van der Waals surface area contributed by atoms with Crippen LogP contribution in [-0.4, -0.2) is 9.78 Å². The lowest BCUT2D eigenvalue weighted by atomic mass is 10.2. The molecule has 96 valence electrons. The molecule has 2 aromatic rings. The second-order valence-electron chi connectivity index (χ2n) is 3.54. The van der Waals surface area contributed by atoms with Crippen molar-refractivity contribution in [3.63, 3.8) is 0 Å². The van der Waals surface area contributed by atoms with E-state index in [0.717, 1.165) is 10.9 Å². The molecule has 0 aliphatic carbocycles. The van der Waals surface area contributed by atoms with Gasteiger partial charge in [0, 0.05) is 10.6 Å². The minimum Gasteiger partial charge on any atom is -0.228 e. The fourth-order valence-corrected chi connectivity index (χ4v) is 1.97. The van der Waals surface area contributed by atoms with Crippen molar-refractivity contribution in [1.29, 1.82) is 0 Å². The first kappa shape index (κ1) is 13.2. The Balaban J connectivity index is 2.62. The van der Waals surface area contributed by atoms with Crippen LogP contribution in [0, 0.1) is 0 Å². The Kier molecular flexibility index (Phi) is 3.54. The molecule has 1 heterocycles. The minimum absolute atomic E-state index is 0.0656. The molecule has 0 spiro atoms. The Hall–Kier alpha value is -1.20. The first-order valence-electron chi connectivity index (χ1n) is 4.89. The predicted molar refractivity (Wildman–Crippen MR) is 63.1 cm³/mol. The predicted octanol–water partition coefficient (Wildman–Crippen LogP) is 4.28. The second-order valence-corrected chi connectivity index (χ2v) is 4.25. The molecule has 1 aromatic heterocycles. The van der Waals surface area contributed by atoms with Gasteiger partial charge in [0.25, 0.3) is 0 Å². The van der Waals surface area contributed by atoms with Crippen molar-refractivity contribution in [2.24, 2.45) is 0 Å². The summed E-state index contributed by atoms with van der Waals surface area (Å²) in [5, 5.41) is 4.05. The third-order valence-corrected chi connectivity index (χ3v) is 2.83. The molecule has 0 atom stereocenters. The first-order valence-corrected chi connectivity index (χ1v) is 5.80. The van der Waals surface area contributed by atoms with Gasteiger partial charge < -0.3 is 0 Å². The number of hydrogen-bond acceptors (Lipinski definition) is 1. The summed E-state index contributed by atoms with van der Waals surface area (Å²) in [5.41, 5.74) is -0.699. The molecule has 0 radical (unpaired) electrons. The maximum Gasteiger partial charge on any atom is 0.433 e. The van der Waals surface area contributed by atoms with Gasteiger partial charge in [-0.3, -0.25) is 0 Å². The van der Waals surface area contributed by atoms with Crippen molar-refractivity contribution >= 4 is 23.2 Å². The molecule has 0 aliphatic heterocycles. The third kappa shape index (κ3) is 2.47. The molecule has 0 amide bonds. The quantitative estimate of drug-likeness (QED) is 0.756. The van der Waals surface area contributed by atoms with Gasteiger partial charge in [-0.1, -0.05) is 17.7 Å². The fourth-order valence-electron chi connectivity index (χ4n) is 1.59. The molecule has 0 N–H and O–H groups in total. The van der Waals surface area contributed by atoms with Gasteiger partial charge in [-0.05, 0) is 18.2 Å². The Morgan fingerprint density at radius 2 is 2.00 bits per heavy atom. The van der Waals surface area contributed by atoms with Gasteiger partial charge in [0.1, 0.15) is 0 Å². The van der Waals surface area contributed by atoms with Crippen molar-refractivity contribution in [3.05, 3.63) is 46.7 Å². The summed E-state index contributed by atoms with van der Waals surface area (Å²) in [4.78, 5) is 0. The van der Waals surface area contributed by atoms with Gasteiger partial charge in [0.05, 0.1) is 17.8 Å². The van der Waals surface area contributed by atoms with Gasteiger partial charge in [0.15, 0.2) is 5.69 Å². The smallest absolute Gasteiger partial charge is 0.228 e. The van der Waals surface area contributed by atoms with Crippen LogP contribution in [0.2, 0.25) is 5.02 Å². The van der Waals surface area contributed by atoms with Gasteiger partial charge >= 0.3 is 6.18 Å². The van der Waals surface area contributed by atoms with E-state index in [-0.39, 0.29) is 17.1 Å². The first-order chi connectivity index (χ1) is 8.43. The zero-order valence-corrected chi connectivity index (χ0v) is 10.4. The third-order valence-electron chi connectivity index (χ3n) is 2.31. The summed E-state index contributed by atoms with van der Waals surface area (Å²) in [5.74, 6) is -0.255. The van der Waals surface area contributed by atoms with E-state index < -0.39 is 11.9 Å². The number of nitrogens with zero attached hydrogens (tertiary/aromatic N) is 2. The number of rotatable bonds is 2. The molecule has 7 heteroatoms. The maximum atomic E-state index is 13.0. The molecule has 0 saturated carbocycles. The number of alkyl halides is 4. The zero-order valence-electron chi connectivity index (χ0n) is 8.88. The van der Waals surface area contributed by atoms with Crippen LogP contribution >= 0.6 is 23.2 Å². The van der Waals surface area contributed by atoms with E-state index in [4.69, 9.17) is 23.2 Å². The lowest BCUT2D eigenvalue weighted by Gasteiger charge is -2.12. The molecule has 2 rings (SSSR count). The molecule has 18 heavy (non-hydrogen) atoms. The summed E-state index contributed by atoms with van der Waals surface area (Å²) in [6.45, 7) is 0. The second kappa shape index (κ2) is 4.82. The van der Waals surface area contributed by atoms with Gasteiger partial charge in [0.2, 0.25) is 0 Å². The fraction of sp³-hybridized carbons (Fsp3) is 0.182. The SMILES string of the molecule is FC(F)(F)c1c(CCl)cnn1-c1cccc(Cl)c1. The number of hydrogen-bond donors (Lipinski definition) is 0. The van der Waals surface area contributed by atoms with E-state index >= 15 is 0 Å². The van der Waals surface area contributed by atoms with Crippen LogP contribution in [0.25, 0.3) is 5.69 Å².